The molecule has 8 heteroatoms. The minimum absolute atomic E-state index is 0. The Hall–Kier alpha value is -6.56. The molecule has 7 aromatic carbocycles. The molecule has 73 heavy (non-hydrogen) atoms. The normalized spacial score (nSPS) is 13.3. The monoisotopic (exact) mass is 1150 g/mol. The van der Waals surface area contributed by atoms with Gasteiger partial charge in [-0.25, -0.2) is 13.8 Å². The minimum atomic E-state index is -1.02. The van der Waals surface area contributed by atoms with Crippen LogP contribution in [-0.4, -0.2) is 9.55 Å². The van der Waals surface area contributed by atoms with Crippen LogP contribution >= 0.6 is 0 Å². The molecule has 0 N–H and O–H groups in total. The molecule has 0 spiro atoms. The van der Waals surface area contributed by atoms with E-state index in [1.807, 2.05) is 69.2 Å². The van der Waals surface area contributed by atoms with Gasteiger partial charge in [0.15, 0.2) is 0 Å². The first kappa shape index (κ1) is 50.0. The minimum Gasteiger partial charge on any atom is -0.509 e. The van der Waals surface area contributed by atoms with E-state index in [9.17, 15) is 1.37 Å². The molecule has 0 atom stereocenters. The molecule has 5 nitrogen and oxygen atoms in total. The van der Waals surface area contributed by atoms with Crippen molar-refractivity contribution in [2.45, 2.75) is 112 Å². The van der Waals surface area contributed by atoms with Crippen LogP contribution in [0.3, 0.4) is 0 Å². The maximum absolute atomic E-state index is 15.5. The average molecular weight is 1150 g/mol. The third-order valence-corrected chi connectivity index (χ3v) is 13.9. The van der Waals surface area contributed by atoms with Crippen molar-refractivity contribution in [1.29, 1.82) is 0 Å². The number of anilines is 4. The number of nitrogens with zero attached hydrogens (tertiary/aromatic N) is 4. The number of hydrogen-bond donors (Lipinski definition) is 0. The van der Waals surface area contributed by atoms with Gasteiger partial charge in [-0.1, -0.05) is 137 Å². The van der Waals surface area contributed by atoms with Crippen LogP contribution in [-0.2, 0) is 31.9 Å². The molecule has 0 unspecified atom stereocenters. The Balaban J connectivity index is 0.00000672. The summed E-state index contributed by atoms with van der Waals surface area (Å²) in [6.45, 7) is 27.7. The van der Waals surface area contributed by atoms with Crippen molar-refractivity contribution in [3.63, 3.8) is 0 Å². The summed E-state index contributed by atoms with van der Waals surface area (Å²) in [5, 5.41) is 2.10. The largest absolute Gasteiger partial charge is 0.509 e. The third-order valence-electron chi connectivity index (χ3n) is 13.9. The molecule has 0 radical (unpaired) electrons. The van der Waals surface area contributed by atoms with Gasteiger partial charge in [0.2, 0.25) is 0 Å². The van der Waals surface area contributed by atoms with E-state index in [1.54, 1.807) is 0 Å². The van der Waals surface area contributed by atoms with Gasteiger partial charge in [0, 0.05) is 79.9 Å². The molecule has 0 saturated carbocycles. The topological polar surface area (TPSA) is 33.5 Å². The number of para-hydroxylation sites is 3. The molecule has 0 aliphatic carbocycles. The summed E-state index contributed by atoms with van der Waals surface area (Å²) in [5.74, 6) is -0.121. The molecule has 376 valence electrons. The van der Waals surface area contributed by atoms with Gasteiger partial charge < -0.3 is 19.1 Å². The van der Waals surface area contributed by atoms with Crippen LogP contribution in [0.15, 0.2) is 140 Å². The van der Waals surface area contributed by atoms with Crippen LogP contribution in [0.5, 0.6) is 11.5 Å². The fourth-order valence-electron chi connectivity index (χ4n) is 9.76. The molecule has 1 aliphatic heterocycles. The van der Waals surface area contributed by atoms with Gasteiger partial charge in [-0.15, -0.1) is 53.6 Å². The summed E-state index contributed by atoms with van der Waals surface area (Å²) in [6, 6.07) is 50.7. The van der Waals surface area contributed by atoms with Crippen molar-refractivity contribution in [3.8, 4) is 39.6 Å². The third kappa shape index (κ3) is 9.98. The van der Waals surface area contributed by atoms with Gasteiger partial charge in [-0.3, -0.25) is 0 Å². The standard InChI is InChI=1S/C65H63F2N4O.Pt/c1-39(2)42-25-43(40(3)4)27-45(26-42)56-32-48(65(10,11)12)33-57(46-28-49(66)35-50(67)29-46)63(56)70-38-69(59-19-15-16-20-60(59)70)51-30-44(41(5)6)31-53(36-51)72-52-21-22-55-54-17-13-14-18-58(54)71(61(55)37-52)62-34-47(23-24-68-62)64(7,8)9;/h13-35,38-41H,1-12H3;/q-3;/i41D;. The second-order valence-corrected chi connectivity index (χ2v) is 22.2. The SMILES string of the molecule is [2H]C(C)(C)c1cc(Oc2[c-]c3c(cc2)c2ccccc2n3-c2cc(C(C)(C)C)ccn2)[c-]c(N2[CH-]N(c3c(-c4cc(F)cc(F)c4)cc(C(C)(C)C)cc3-c3cc(C(C)C)cc(C(C)C)c3)c3ccccc32)c1.[Pt]. The molecule has 0 amide bonds. The molecule has 1 aliphatic rings. The van der Waals surface area contributed by atoms with Crippen molar-refractivity contribution in [2.24, 2.45) is 0 Å². The Kier molecular flexibility index (Phi) is 13.5. The number of ether oxygens (including phenoxy) is 1. The zero-order valence-electron chi connectivity index (χ0n) is 44.8. The van der Waals surface area contributed by atoms with Gasteiger partial charge in [-0.05, 0) is 122 Å². The number of benzene rings is 7. The second-order valence-electron chi connectivity index (χ2n) is 22.2. The Morgan fingerprint density at radius 2 is 1.19 bits per heavy atom. The average Bonchev–Trinajstić information content (AvgIpc) is 3.88. The summed E-state index contributed by atoms with van der Waals surface area (Å²) in [7, 11) is 0. The van der Waals surface area contributed by atoms with E-state index in [1.165, 1.54) is 28.8 Å². The van der Waals surface area contributed by atoms with E-state index in [0.29, 0.717) is 28.3 Å². The predicted octanol–water partition coefficient (Wildman–Crippen LogP) is 18.6. The Labute approximate surface area is 446 Å². The molecule has 9 aromatic rings. The number of halogens is 2. The molecule has 3 heterocycles. The summed E-state index contributed by atoms with van der Waals surface area (Å²) in [4.78, 5) is 9.08. The first-order valence-corrected chi connectivity index (χ1v) is 25.0. The van der Waals surface area contributed by atoms with E-state index in [4.69, 9.17) is 9.72 Å². The van der Waals surface area contributed by atoms with Gasteiger partial charge in [0.05, 0.1) is 0 Å². The van der Waals surface area contributed by atoms with E-state index in [-0.39, 0.29) is 43.7 Å². The Morgan fingerprint density at radius 1 is 0.589 bits per heavy atom. The van der Waals surface area contributed by atoms with E-state index in [0.717, 1.165) is 73.0 Å². The molecule has 10 rings (SSSR count). The first-order valence-electron chi connectivity index (χ1n) is 25.5. The van der Waals surface area contributed by atoms with Crippen molar-refractivity contribution in [3.05, 3.63) is 198 Å². The van der Waals surface area contributed by atoms with Gasteiger partial charge in [0.1, 0.15) is 17.5 Å². The first-order chi connectivity index (χ1) is 34.5. The molecular formula is C65H63F2N4OPt-3. The van der Waals surface area contributed by atoms with E-state index >= 15 is 8.78 Å². The fourth-order valence-corrected chi connectivity index (χ4v) is 9.76. The molecule has 0 saturated heterocycles. The Bertz CT molecular complexity index is 3550. The van der Waals surface area contributed by atoms with Crippen LogP contribution in [0.4, 0.5) is 31.5 Å². The molecule has 0 bridgehead atoms. The summed E-state index contributed by atoms with van der Waals surface area (Å²) in [6.07, 6.45) is 1.87. The number of aromatic nitrogens is 2. The van der Waals surface area contributed by atoms with Crippen molar-refractivity contribution >= 4 is 44.6 Å². The number of rotatable bonds is 10. The number of pyridine rings is 1. The van der Waals surface area contributed by atoms with Gasteiger partial charge in [0.25, 0.3) is 0 Å². The Morgan fingerprint density at radius 3 is 1.81 bits per heavy atom. The molecule has 2 aromatic heterocycles. The zero-order valence-corrected chi connectivity index (χ0v) is 46.1. The van der Waals surface area contributed by atoms with Crippen molar-refractivity contribution in [2.75, 3.05) is 9.80 Å². The van der Waals surface area contributed by atoms with Crippen LogP contribution in [0.2, 0.25) is 0 Å². The van der Waals surface area contributed by atoms with Crippen molar-refractivity contribution in [1.82, 2.24) is 9.55 Å². The second kappa shape index (κ2) is 19.7. The summed E-state index contributed by atoms with van der Waals surface area (Å²) in [5.41, 5.74) is 13.0. The van der Waals surface area contributed by atoms with Gasteiger partial charge in [-0.2, -0.15) is 6.07 Å². The van der Waals surface area contributed by atoms with E-state index in [2.05, 4.69) is 169 Å². The summed E-state index contributed by atoms with van der Waals surface area (Å²) >= 11 is 0. The zero-order chi connectivity index (χ0) is 51.9. The molecule has 0 fully saturated rings. The fraction of sp³-hybridized carbons (Fsp3) is 0.262. The summed E-state index contributed by atoms with van der Waals surface area (Å²) < 4.78 is 49.3. The number of hydrogen-bond acceptors (Lipinski definition) is 4. The van der Waals surface area contributed by atoms with Crippen LogP contribution in [0, 0.1) is 30.4 Å². The number of fused-ring (bicyclic) bond motifs is 4. The predicted molar refractivity (Wildman–Crippen MR) is 295 cm³/mol. The molecular weight excluding hydrogens is 1090 g/mol. The van der Waals surface area contributed by atoms with Crippen LogP contribution in [0.25, 0.3) is 49.9 Å². The van der Waals surface area contributed by atoms with Crippen LogP contribution in [0.1, 0.15) is 130 Å². The quantitative estimate of drug-likeness (QED) is 0.128. The van der Waals surface area contributed by atoms with Gasteiger partial charge >= 0.3 is 0 Å². The maximum Gasteiger partial charge on any atom is 0.135 e. The smallest absolute Gasteiger partial charge is 0.135 e. The van der Waals surface area contributed by atoms with Crippen LogP contribution < -0.4 is 14.5 Å². The van der Waals surface area contributed by atoms with Crippen molar-refractivity contribution < 1.29 is 36.0 Å². The maximum atomic E-state index is 15.5. The van der Waals surface area contributed by atoms with E-state index < -0.39 is 17.5 Å².